The fraction of sp³-hybridized carbons (Fsp3) is 0.0588. The van der Waals surface area contributed by atoms with Crippen LogP contribution in [0.25, 0.3) is 0 Å². The average molecular weight is 281 g/mol. The summed E-state index contributed by atoms with van der Waals surface area (Å²) in [5.41, 5.74) is 7.57. The summed E-state index contributed by atoms with van der Waals surface area (Å²) in [7, 11) is 0. The number of carbonyl (C=O) groups is 2. The Morgan fingerprint density at radius 1 is 0.952 bits per heavy atom. The zero-order valence-corrected chi connectivity index (χ0v) is 11.6. The summed E-state index contributed by atoms with van der Waals surface area (Å²) in [6.45, 7) is 5.08. The van der Waals surface area contributed by atoms with Crippen molar-refractivity contribution in [2.24, 2.45) is 0 Å². The lowest BCUT2D eigenvalue weighted by Crippen LogP contribution is -2.08. The quantitative estimate of drug-likeness (QED) is 0.307. The molecule has 2 aromatic carbocycles. The minimum Gasteiger partial charge on any atom is -0.423 e. The third-order valence-corrected chi connectivity index (χ3v) is 2.85. The fourth-order valence-corrected chi connectivity index (χ4v) is 1.67. The summed E-state index contributed by atoms with van der Waals surface area (Å²) >= 11 is 0. The molecule has 4 nitrogen and oxygen atoms in total. The number of esters is 1. The smallest absolute Gasteiger partial charge is 0.338 e. The van der Waals surface area contributed by atoms with E-state index < -0.39 is 5.97 Å². The Labute approximate surface area is 122 Å². The summed E-state index contributed by atoms with van der Waals surface area (Å²) in [4.78, 5) is 23.6. The van der Waals surface area contributed by atoms with Gasteiger partial charge < -0.3 is 10.5 Å². The summed E-state index contributed by atoms with van der Waals surface area (Å²) in [5.74, 6) is -0.239. The van der Waals surface area contributed by atoms with Gasteiger partial charge in [0, 0.05) is 22.4 Å². The first-order valence-electron chi connectivity index (χ1n) is 6.35. The van der Waals surface area contributed by atoms with E-state index in [1.54, 1.807) is 55.5 Å². The molecule has 2 rings (SSSR count). The predicted octanol–water partition coefficient (Wildman–Crippen LogP) is 2.98. The molecule has 0 aromatic heterocycles. The second-order valence-electron chi connectivity index (χ2n) is 4.65. The van der Waals surface area contributed by atoms with Crippen molar-refractivity contribution in [3.05, 3.63) is 71.8 Å². The van der Waals surface area contributed by atoms with Crippen LogP contribution >= 0.6 is 0 Å². The van der Waals surface area contributed by atoms with Crippen LogP contribution in [0.1, 0.15) is 22.8 Å². The SMILES string of the molecule is C=C(C)C(=O)Oc1ccc(C(=O)c2ccc(N)cc2)cc1. The summed E-state index contributed by atoms with van der Waals surface area (Å²) in [6.07, 6.45) is 0. The van der Waals surface area contributed by atoms with Crippen LogP contribution in [0.2, 0.25) is 0 Å². The predicted molar refractivity (Wildman–Crippen MR) is 81.2 cm³/mol. The van der Waals surface area contributed by atoms with E-state index in [1.807, 2.05) is 0 Å². The van der Waals surface area contributed by atoms with Gasteiger partial charge in [0.1, 0.15) is 5.75 Å². The van der Waals surface area contributed by atoms with E-state index >= 15 is 0 Å². The Morgan fingerprint density at radius 3 is 1.90 bits per heavy atom. The average Bonchev–Trinajstić information content (AvgIpc) is 2.48. The Hall–Kier alpha value is -2.88. The van der Waals surface area contributed by atoms with E-state index in [4.69, 9.17) is 10.5 Å². The molecule has 106 valence electrons. The number of nitrogen functional groups attached to an aromatic ring is 1. The van der Waals surface area contributed by atoms with E-state index in [0.717, 1.165) is 0 Å². The summed E-state index contributed by atoms with van der Waals surface area (Å²) in [6, 6.07) is 13.1. The highest BCUT2D eigenvalue weighted by Crippen LogP contribution is 2.17. The third kappa shape index (κ3) is 3.57. The second-order valence-corrected chi connectivity index (χ2v) is 4.65. The molecule has 0 bridgehead atoms. The van der Waals surface area contributed by atoms with Gasteiger partial charge in [-0.15, -0.1) is 0 Å². The fourth-order valence-electron chi connectivity index (χ4n) is 1.67. The Morgan fingerprint density at radius 2 is 1.43 bits per heavy atom. The first-order chi connectivity index (χ1) is 9.97. The van der Waals surface area contributed by atoms with Gasteiger partial charge in [-0.05, 0) is 55.5 Å². The Balaban J connectivity index is 2.15. The lowest BCUT2D eigenvalue weighted by Gasteiger charge is -2.05. The number of ketones is 1. The largest absolute Gasteiger partial charge is 0.423 e. The van der Waals surface area contributed by atoms with Gasteiger partial charge in [0.25, 0.3) is 0 Å². The molecule has 0 saturated carbocycles. The molecule has 0 aliphatic rings. The maximum atomic E-state index is 12.2. The molecule has 0 radical (unpaired) electrons. The van der Waals surface area contributed by atoms with Crippen LogP contribution in [0.5, 0.6) is 5.75 Å². The molecule has 2 N–H and O–H groups in total. The molecule has 0 aliphatic carbocycles. The van der Waals surface area contributed by atoms with Gasteiger partial charge in [-0.25, -0.2) is 4.79 Å². The molecule has 21 heavy (non-hydrogen) atoms. The molecule has 0 spiro atoms. The topological polar surface area (TPSA) is 69.4 Å². The van der Waals surface area contributed by atoms with E-state index in [2.05, 4.69) is 6.58 Å². The van der Waals surface area contributed by atoms with Crippen molar-refractivity contribution in [3.63, 3.8) is 0 Å². The van der Waals surface area contributed by atoms with E-state index in [9.17, 15) is 9.59 Å². The maximum Gasteiger partial charge on any atom is 0.338 e. The normalized spacial score (nSPS) is 9.95. The van der Waals surface area contributed by atoms with Gasteiger partial charge in [0.15, 0.2) is 5.78 Å². The van der Waals surface area contributed by atoms with Crippen LogP contribution < -0.4 is 10.5 Å². The first kappa shape index (κ1) is 14.5. The number of hydrogen-bond acceptors (Lipinski definition) is 4. The van der Waals surface area contributed by atoms with Gasteiger partial charge >= 0.3 is 5.97 Å². The van der Waals surface area contributed by atoms with Crippen LogP contribution in [0.15, 0.2) is 60.7 Å². The van der Waals surface area contributed by atoms with Crippen LogP contribution in [0.3, 0.4) is 0 Å². The van der Waals surface area contributed by atoms with Gasteiger partial charge in [-0.1, -0.05) is 6.58 Å². The number of nitrogens with two attached hydrogens (primary N) is 1. The van der Waals surface area contributed by atoms with Crippen molar-refractivity contribution in [3.8, 4) is 5.75 Å². The Kier molecular flexibility index (Phi) is 4.18. The maximum absolute atomic E-state index is 12.2. The van der Waals surface area contributed by atoms with Crippen molar-refractivity contribution in [2.45, 2.75) is 6.92 Å². The second kappa shape index (κ2) is 6.05. The number of hydrogen-bond donors (Lipinski definition) is 1. The summed E-state index contributed by atoms with van der Waals surface area (Å²) < 4.78 is 5.07. The monoisotopic (exact) mass is 281 g/mol. The van der Waals surface area contributed by atoms with Crippen molar-refractivity contribution in [1.29, 1.82) is 0 Å². The van der Waals surface area contributed by atoms with Crippen LogP contribution in [0, 0.1) is 0 Å². The Bertz CT molecular complexity index is 685. The molecule has 0 aliphatic heterocycles. The van der Waals surface area contributed by atoms with Crippen LogP contribution in [0.4, 0.5) is 5.69 Å². The molecule has 0 heterocycles. The molecule has 0 atom stereocenters. The lowest BCUT2D eigenvalue weighted by atomic mass is 10.0. The van der Waals surface area contributed by atoms with Gasteiger partial charge in [0.05, 0.1) is 0 Å². The molecule has 0 fully saturated rings. The zero-order valence-electron chi connectivity index (χ0n) is 11.6. The van der Waals surface area contributed by atoms with Gasteiger partial charge in [-0.2, -0.15) is 0 Å². The molecule has 0 unspecified atom stereocenters. The standard InChI is InChI=1S/C17H15NO3/c1-11(2)17(20)21-15-9-5-13(6-10-15)16(19)12-3-7-14(18)8-4-12/h3-10H,1,18H2,2H3. The third-order valence-electron chi connectivity index (χ3n) is 2.85. The highest BCUT2D eigenvalue weighted by atomic mass is 16.5. The first-order valence-corrected chi connectivity index (χ1v) is 6.35. The molecule has 0 saturated heterocycles. The molecule has 0 amide bonds. The molecular weight excluding hydrogens is 266 g/mol. The minimum absolute atomic E-state index is 0.118. The highest BCUT2D eigenvalue weighted by Gasteiger charge is 2.10. The van der Waals surface area contributed by atoms with Crippen molar-refractivity contribution < 1.29 is 14.3 Å². The zero-order chi connectivity index (χ0) is 15.4. The molecular formula is C17H15NO3. The summed E-state index contributed by atoms with van der Waals surface area (Å²) in [5, 5.41) is 0. The van der Waals surface area contributed by atoms with Crippen LogP contribution in [-0.2, 0) is 4.79 Å². The number of benzene rings is 2. The van der Waals surface area contributed by atoms with Gasteiger partial charge in [0.2, 0.25) is 0 Å². The van der Waals surface area contributed by atoms with E-state index in [-0.39, 0.29) is 5.78 Å². The van der Waals surface area contributed by atoms with Crippen molar-refractivity contribution >= 4 is 17.4 Å². The number of carbonyl (C=O) groups excluding carboxylic acids is 2. The molecule has 4 heteroatoms. The lowest BCUT2D eigenvalue weighted by molar-refractivity contribution is -0.130. The van der Waals surface area contributed by atoms with Crippen LogP contribution in [-0.4, -0.2) is 11.8 Å². The number of anilines is 1. The van der Waals surface area contributed by atoms with Crippen molar-refractivity contribution in [1.82, 2.24) is 0 Å². The number of ether oxygens (including phenoxy) is 1. The van der Waals surface area contributed by atoms with Crippen molar-refractivity contribution in [2.75, 3.05) is 5.73 Å². The number of rotatable bonds is 4. The highest BCUT2D eigenvalue weighted by molar-refractivity contribution is 6.09. The van der Waals surface area contributed by atoms with E-state index in [0.29, 0.717) is 28.1 Å². The molecule has 2 aromatic rings. The van der Waals surface area contributed by atoms with E-state index in [1.165, 1.54) is 0 Å². The minimum atomic E-state index is -0.493. The van der Waals surface area contributed by atoms with Gasteiger partial charge in [-0.3, -0.25) is 4.79 Å².